The summed E-state index contributed by atoms with van der Waals surface area (Å²) in [4.78, 5) is 25.6. The van der Waals surface area contributed by atoms with E-state index in [1.165, 1.54) is 25.0 Å². The van der Waals surface area contributed by atoms with Gasteiger partial charge in [-0.25, -0.2) is 13.5 Å². The summed E-state index contributed by atoms with van der Waals surface area (Å²) in [7, 11) is 2.75. The van der Waals surface area contributed by atoms with Crippen molar-refractivity contribution in [2.45, 2.75) is 6.54 Å². The quantitative estimate of drug-likeness (QED) is 0.571. The van der Waals surface area contributed by atoms with E-state index in [-0.39, 0.29) is 30.5 Å². The first-order chi connectivity index (χ1) is 13.3. The Morgan fingerprint density at radius 2 is 1.86 bits per heavy atom. The number of carbonyl (C=O) groups excluding carboxylic acids is 2. The number of nitrogens with zero attached hydrogens (tertiary/aromatic N) is 5. The number of hydrogen-bond donors (Lipinski definition) is 1. The zero-order valence-corrected chi connectivity index (χ0v) is 15.8. The van der Waals surface area contributed by atoms with E-state index in [4.69, 9.17) is 17.0 Å². The zero-order valence-electron chi connectivity index (χ0n) is 15.0. The van der Waals surface area contributed by atoms with Crippen LogP contribution in [0.3, 0.4) is 0 Å². The van der Waals surface area contributed by atoms with E-state index in [1.54, 1.807) is 0 Å². The van der Waals surface area contributed by atoms with Crippen molar-refractivity contribution in [2.24, 2.45) is 0 Å². The van der Waals surface area contributed by atoms with Gasteiger partial charge < -0.3 is 15.0 Å². The summed E-state index contributed by atoms with van der Waals surface area (Å²) in [5, 5.41) is 10.7. The van der Waals surface area contributed by atoms with Gasteiger partial charge in [0.05, 0.1) is 38.6 Å². The van der Waals surface area contributed by atoms with Crippen LogP contribution in [-0.4, -0.2) is 64.1 Å². The molecule has 28 heavy (non-hydrogen) atoms. The van der Waals surface area contributed by atoms with Gasteiger partial charge in [-0.3, -0.25) is 14.5 Å². The number of imide groups is 1. The molecule has 0 saturated carbocycles. The Labute approximate surface area is 163 Å². The number of likely N-dealkylation sites (N-methyl/N-ethyl adjacent to an activating group) is 1. The number of amides is 2. The first kappa shape index (κ1) is 19.6. The Morgan fingerprint density at radius 1 is 1.25 bits per heavy atom. The molecule has 1 aromatic heterocycles. The number of halogens is 2. The van der Waals surface area contributed by atoms with Gasteiger partial charge in [0.2, 0.25) is 11.8 Å². The second-order valence-corrected chi connectivity index (χ2v) is 6.33. The minimum atomic E-state index is -0.920. The van der Waals surface area contributed by atoms with Crippen LogP contribution in [0.4, 0.5) is 14.5 Å². The first-order valence-corrected chi connectivity index (χ1v) is 8.47. The van der Waals surface area contributed by atoms with Crippen LogP contribution in [0.5, 0.6) is 0 Å². The van der Waals surface area contributed by atoms with E-state index in [9.17, 15) is 18.4 Å². The summed E-state index contributed by atoms with van der Waals surface area (Å²) in [6.45, 7) is -0.372. The van der Waals surface area contributed by atoms with Crippen molar-refractivity contribution in [3.8, 4) is 5.69 Å². The number of benzene rings is 1. The van der Waals surface area contributed by atoms with Crippen molar-refractivity contribution in [2.75, 3.05) is 32.1 Å². The zero-order chi connectivity index (χ0) is 20.4. The number of nitrogens with one attached hydrogen (secondary N) is 1. The largest absolute Gasteiger partial charge is 0.474 e. The predicted octanol–water partition coefficient (Wildman–Crippen LogP) is 0.371. The van der Waals surface area contributed by atoms with Gasteiger partial charge in [0.1, 0.15) is 11.4 Å². The number of thiocarbonyl (C=S) groups is 1. The number of methoxy groups -OCH3 is 1. The number of anilines is 1. The van der Waals surface area contributed by atoms with Gasteiger partial charge in [0, 0.05) is 19.2 Å². The highest BCUT2D eigenvalue weighted by Crippen LogP contribution is 2.27. The van der Waals surface area contributed by atoms with E-state index in [0.29, 0.717) is 5.69 Å². The summed E-state index contributed by atoms with van der Waals surface area (Å²) >= 11 is 4.85. The highest BCUT2D eigenvalue weighted by Gasteiger charge is 2.31. The summed E-state index contributed by atoms with van der Waals surface area (Å²) in [6, 6.07) is 2.11. The maximum atomic E-state index is 14.6. The molecule has 0 bridgehead atoms. The molecular formula is C16H16F2N6O3S. The highest BCUT2D eigenvalue weighted by atomic mass is 32.1. The van der Waals surface area contributed by atoms with Crippen molar-refractivity contribution >= 4 is 34.9 Å². The number of aromatic nitrogens is 3. The lowest BCUT2D eigenvalue weighted by Gasteiger charge is -2.32. The molecule has 1 fully saturated rings. The second kappa shape index (κ2) is 7.84. The van der Waals surface area contributed by atoms with E-state index in [1.807, 2.05) is 0 Å². The molecule has 12 heteroatoms. The summed E-state index contributed by atoms with van der Waals surface area (Å²) < 4.78 is 35.2. The van der Waals surface area contributed by atoms with Gasteiger partial charge in [0.25, 0.3) is 5.17 Å². The Balaban J connectivity index is 1.83. The molecule has 0 atom stereocenters. The van der Waals surface area contributed by atoms with Crippen LogP contribution in [0, 0.1) is 11.6 Å². The molecule has 1 aliphatic rings. The molecule has 0 aliphatic carbocycles. The molecule has 1 aromatic carbocycles. The van der Waals surface area contributed by atoms with Crippen LogP contribution < -0.4 is 10.2 Å². The van der Waals surface area contributed by atoms with Gasteiger partial charge in [-0.15, -0.1) is 5.10 Å². The fourth-order valence-corrected chi connectivity index (χ4v) is 2.69. The molecule has 1 aliphatic heterocycles. The van der Waals surface area contributed by atoms with Crippen molar-refractivity contribution in [3.63, 3.8) is 0 Å². The minimum Gasteiger partial charge on any atom is -0.474 e. The van der Waals surface area contributed by atoms with Crippen LogP contribution in [0.1, 0.15) is 5.69 Å². The average molecular weight is 410 g/mol. The van der Waals surface area contributed by atoms with Gasteiger partial charge in [0.15, 0.2) is 11.6 Å². The molecule has 2 aromatic rings. The Bertz CT molecular complexity index is 909. The topological polar surface area (TPSA) is 92.6 Å². The molecule has 1 saturated heterocycles. The lowest BCUT2D eigenvalue weighted by Crippen LogP contribution is -2.52. The first-order valence-electron chi connectivity index (χ1n) is 8.07. The third-order valence-corrected chi connectivity index (χ3v) is 4.43. The Kier molecular flexibility index (Phi) is 5.49. The molecule has 2 amide bonds. The molecule has 148 valence electrons. The number of carbonyl (C=O) groups is 2. The summed E-state index contributed by atoms with van der Waals surface area (Å²) in [5.41, 5.74) is 0.129. The average Bonchev–Trinajstić information content (AvgIpc) is 3.12. The maximum absolute atomic E-state index is 14.6. The third-order valence-electron chi connectivity index (χ3n) is 4.12. The molecule has 0 radical (unpaired) electrons. The normalized spacial score (nSPS) is 14.4. The van der Waals surface area contributed by atoms with E-state index in [2.05, 4.69) is 15.6 Å². The summed E-state index contributed by atoms with van der Waals surface area (Å²) in [6.07, 6.45) is 1.47. The number of rotatable bonds is 4. The lowest BCUT2D eigenvalue weighted by atomic mass is 10.2. The molecule has 0 unspecified atom stereocenters. The van der Waals surface area contributed by atoms with Crippen LogP contribution in [-0.2, 0) is 20.9 Å². The van der Waals surface area contributed by atoms with Crippen LogP contribution in [0.25, 0.3) is 5.69 Å². The molecule has 0 spiro atoms. The van der Waals surface area contributed by atoms with E-state index < -0.39 is 29.1 Å². The van der Waals surface area contributed by atoms with Gasteiger partial charge in [-0.1, -0.05) is 5.21 Å². The molecule has 1 N–H and O–H groups in total. The van der Waals surface area contributed by atoms with Crippen molar-refractivity contribution in [3.05, 3.63) is 35.7 Å². The van der Waals surface area contributed by atoms with Gasteiger partial charge >= 0.3 is 0 Å². The standard InChI is InChI=1S/C16H16F2N6O3S/c1-22-13(25)7-23(8-14(22)26)15-11(17)3-10(4-12(15)18)24-6-9(20-21-24)5-19-16(28)27-2/h3-4,6H,5,7-8H2,1-2H3,(H,19,28). The van der Waals surface area contributed by atoms with E-state index in [0.717, 1.165) is 21.9 Å². The number of piperazine rings is 1. The fraction of sp³-hybridized carbons (Fsp3) is 0.312. The number of ether oxygens (including phenoxy) is 1. The minimum absolute atomic E-state index is 0.0959. The smallest absolute Gasteiger partial charge is 0.256 e. The molecule has 3 rings (SSSR count). The van der Waals surface area contributed by atoms with Crippen LogP contribution >= 0.6 is 12.2 Å². The lowest BCUT2D eigenvalue weighted by molar-refractivity contribution is -0.143. The van der Waals surface area contributed by atoms with Crippen molar-refractivity contribution in [1.82, 2.24) is 25.2 Å². The maximum Gasteiger partial charge on any atom is 0.256 e. The monoisotopic (exact) mass is 410 g/mol. The second-order valence-electron chi connectivity index (χ2n) is 5.96. The predicted molar refractivity (Wildman–Crippen MR) is 97.7 cm³/mol. The van der Waals surface area contributed by atoms with Crippen molar-refractivity contribution < 1.29 is 23.1 Å². The van der Waals surface area contributed by atoms with Crippen LogP contribution in [0.15, 0.2) is 18.3 Å². The van der Waals surface area contributed by atoms with Crippen LogP contribution in [0.2, 0.25) is 0 Å². The molecule has 9 nitrogen and oxygen atoms in total. The molecular weight excluding hydrogens is 394 g/mol. The SMILES string of the molecule is COC(=S)NCc1cn(-c2cc(F)c(N3CC(=O)N(C)C(=O)C3)c(F)c2)nn1. The van der Waals surface area contributed by atoms with Gasteiger partial charge in [-0.05, 0) is 12.2 Å². The van der Waals surface area contributed by atoms with Crippen molar-refractivity contribution in [1.29, 1.82) is 0 Å². The highest BCUT2D eigenvalue weighted by molar-refractivity contribution is 7.80. The van der Waals surface area contributed by atoms with Gasteiger partial charge in [-0.2, -0.15) is 0 Å². The third kappa shape index (κ3) is 3.91. The Hall–Kier alpha value is -3.15. The molecule has 2 heterocycles. The van der Waals surface area contributed by atoms with E-state index >= 15 is 0 Å². The summed E-state index contributed by atoms with van der Waals surface area (Å²) in [5.74, 6) is -2.92. The number of hydrogen-bond acceptors (Lipinski definition) is 7. The Morgan fingerprint density at radius 3 is 2.43 bits per heavy atom. The fourth-order valence-electron chi connectivity index (χ4n) is 2.62.